The second-order valence-corrected chi connectivity index (χ2v) is 5.94. The molecule has 1 aromatic rings. The van der Waals surface area contributed by atoms with Crippen LogP contribution in [0.3, 0.4) is 0 Å². The van der Waals surface area contributed by atoms with Crippen LogP contribution in [0.15, 0.2) is 48.2 Å². The first-order valence-electron chi connectivity index (χ1n) is 6.58. The van der Waals surface area contributed by atoms with Gasteiger partial charge in [0.05, 0.1) is 11.4 Å². The molecule has 2 heteroatoms. The van der Waals surface area contributed by atoms with Crippen LogP contribution in [-0.4, -0.2) is 6.54 Å². The molecule has 18 heavy (non-hydrogen) atoms. The van der Waals surface area contributed by atoms with Gasteiger partial charge in [0.2, 0.25) is 0 Å². The lowest BCUT2D eigenvalue weighted by atomic mass is 9.77. The van der Waals surface area contributed by atoms with E-state index < -0.39 is 0 Å². The van der Waals surface area contributed by atoms with Crippen LogP contribution in [0.1, 0.15) is 20.3 Å². The van der Waals surface area contributed by atoms with Crippen molar-refractivity contribution in [2.24, 2.45) is 11.3 Å². The molecule has 1 atom stereocenters. The molecule has 0 bridgehead atoms. The molecule has 3 rings (SSSR count). The van der Waals surface area contributed by atoms with Gasteiger partial charge in [0.1, 0.15) is 0 Å². The molecule has 1 aliphatic carbocycles. The lowest BCUT2D eigenvalue weighted by Crippen LogP contribution is -2.23. The van der Waals surface area contributed by atoms with Crippen LogP contribution in [0.2, 0.25) is 0 Å². The Hall–Kier alpha value is -1.70. The van der Waals surface area contributed by atoms with Gasteiger partial charge < -0.3 is 10.6 Å². The predicted molar refractivity (Wildman–Crippen MR) is 77.3 cm³/mol. The Bertz CT molecular complexity index is 526. The van der Waals surface area contributed by atoms with Crippen LogP contribution in [0, 0.1) is 11.3 Å². The highest BCUT2D eigenvalue weighted by Crippen LogP contribution is 2.48. The van der Waals surface area contributed by atoms with Crippen LogP contribution in [0.5, 0.6) is 0 Å². The smallest absolute Gasteiger partial charge is 0.0642 e. The maximum Gasteiger partial charge on any atom is 0.0642 e. The fraction of sp³-hybridized carbons (Fsp3) is 0.375. The summed E-state index contributed by atoms with van der Waals surface area (Å²) in [7, 11) is 0. The largest absolute Gasteiger partial charge is 0.397 e. The van der Waals surface area contributed by atoms with Crippen LogP contribution in [-0.2, 0) is 0 Å². The van der Waals surface area contributed by atoms with Crippen LogP contribution in [0.4, 0.5) is 11.4 Å². The molecule has 1 unspecified atom stereocenters. The summed E-state index contributed by atoms with van der Waals surface area (Å²) in [5.74, 6) is 0.613. The molecule has 2 nitrogen and oxygen atoms in total. The van der Waals surface area contributed by atoms with E-state index in [0.29, 0.717) is 11.3 Å². The monoisotopic (exact) mass is 240 g/mol. The second kappa shape index (κ2) is 3.91. The molecule has 2 aliphatic rings. The van der Waals surface area contributed by atoms with E-state index in [1.807, 2.05) is 12.1 Å². The van der Waals surface area contributed by atoms with Gasteiger partial charge in [-0.05, 0) is 30.0 Å². The van der Waals surface area contributed by atoms with Crippen molar-refractivity contribution in [1.82, 2.24) is 0 Å². The minimum Gasteiger partial charge on any atom is -0.397 e. The lowest BCUT2D eigenvalue weighted by Gasteiger charge is -2.25. The van der Waals surface area contributed by atoms with Crippen molar-refractivity contribution in [1.29, 1.82) is 0 Å². The summed E-state index contributed by atoms with van der Waals surface area (Å²) in [6.07, 6.45) is 7.82. The molecule has 1 aromatic carbocycles. The van der Waals surface area contributed by atoms with Crippen molar-refractivity contribution in [2.45, 2.75) is 20.3 Å². The van der Waals surface area contributed by atoms with E-state index in [1.165, 1.54) is 5.70 Å². The van der Waals surface area contributed by atoms with Gasteiger partial charge in [0, 0.05) is 18.2 Å². The summed E-state index contributed by atoms with van der Waals surface area (Å²) >= 11 is 0. The third-order valence-corrected chi connectivity index (χ3v) is 4.18. The number of benzene rings is 1. The minimum absolute atomic E-state index is 0.304. The fourth-order valence-corrected chi connectivity index (χ4v) is 3.18. The van der Waals surface area contributed by atoms with Crippen molar-refractivity contribution >= 4 is 11.4 Å². The molecule has 0 aromatic heterocycles. The molecule has 1 fully saturated rings. The van der Waals surface area contributed by atoms with Crippen molar-refractivity contribution in [2.75, 3.05) is 17.2 Å². The number of anilines is 2. The van der Waals surface area contributed by atoms with Crippen molar-refractivity contribution in [3.63, 3.8) is 0 Å². The van der Waals surface area contributed by atoms with Crippen LogP contribution < -0.4 is 10.6 Å². The molecule has 0 radical (unpaired) electrons. The number of rotatable bonds is 1. The summed E-state index contributed by atoms with van der Waals surface area (Å²) in [6, 6.07) is 8.15. The van der Waals surface area contributed by atoms with E-state index in [9.17, 15) is 0 Å². The SMILES string of the molecule is CC1(C)CN(c2ccccc2N)C2=CC=CCC21. The first-order chi connectivity index (χ1) is 8.59. The Balaban J connectivity index is 2.06. The highest BCUT2D eigenvalue weighted by Gasteiger charge is 2.43. The van der Waals surface area contributed by atoms with Crippen LogP contribution >= 0.6 is 0 Å². The zero-order chi connectivity index (χ0) is 12.8. The van der Waals surface area contributed by atoms with Gasteiger partial charge in [-0.3, -0.25) is 0 Å². The summed E-state index contributed by atoms with van der Waals surface area (Å²) in [4.78, 5) is 2.39. The number of nitrogens with two attached hydrogens (primary N) is 1. The second-order valence-electron chi connectivity index (χ2n) is 5.94. The summed E-state index contributed by atoms with van der Waals surface area (Å²) < 4.78 is 0. The molecule has 2 N–H and O–H groups in total. The topological polar surface area (TPSA) is 29.3 Å². The van der Waals surface area contributed by atoms with Crippen molar-refractivity contribution < 1.29 is 0 Å². The average Bonchev–Trinajstić information content (AvgIpc) is 2.63. The van der Waals surface area contributed by atoms with Crippen molar-refractivity contribution in [3.8, 4) is 0 Å². The molecule has 1 aliphatic heterocycles. The Morgan fingerprint density at radius 1 is 1.28 bits per heavy atom. The third kappa shape index (κ3) is 1.64. The van der Waals surface area contributed by atoms with E-state index in [4.69, 9.17) is 5.73 Å². The number of fused-ring (bicyclic) bond motifs is 1. The number of hydrogen-bond donors (Lipinski definition) is 1. The number of hydrogen-bond acceptors (Lipinski definition) is 2. The predicted octanol–water partition coefficient (Wildman–Crippen LogP) is 3.58. The van der Waals surface area contributed by atoms with E-state index >= 15 is 0 Å². The zero-order valence-electron chi connectivity index (χ0n) is 11.1. The third-order valence-electron chi connectivity index (χ3n) is 4.18. The fourth-order valence-electron chi connectivity index (χ4n) is 3.18. The Morgan fingerprint density at radius 3 is 2.83 bits per heavy atom. The van der Waals surface area contributed by atoms with Gasteiger partial charge >= 0.3 is 0 Å². The zero-order valence-corrected chi connectivity index (χ0v) is 11.1. The van der Waals surface area contributed by atoms with E-state index in [0.717, 1.165) is 24.3 Å². The molecule has 94 valence electrons. The molecule has 0 amide bonds. The van der Waals surface area contributed by atoms with E-state index in [-0.39, 0.29) is 0 Å². The summed E-state index contributed by atoms with van der Waals surface area (Å²) in [5, 5.41) is 0. The number of allylic oxidation sites excluding steroid dienone is 4. The highest BCUT2D eigenvalue weighted by atomic mass is 15.2. The number of nitrogens with zero attached hydrogens (tertiary/aromatic N) is 1. The maximum absolute atomic E-state index is 6.12. The van der Waals surface area contributed by atoms with E-state index in [1.54, 1.807) is 0 Å². The normalized spacial score (nSPS) is 24.9. The first-order valence-corrected chi connectivity index (χ1v) is 6.58. The molecular formula is C16H20N2. The quantitative estimate of drug-likeness (QED) is 0.760. The lowest BCUT2D eigenvalue weighted by molar-refractivity contribution is 0.306. The molecule has 0 saturated carbocycles. The van der Waals surface area contributed by atoms with Gasteiger partial charge in [-0.1, -0.05) is 38.1 Å². The number of para-hydroxylation sites is 2. The summed E-state index contributed by atoms with van der Waals surface area (Å²) in [6.45, 7) is 5.74. The van der Waals surface area contributed by atoms with Gasteiger partial charge in [-0.2, -0.15) is 0 Å². The molecule has 1 saturated heterocycles. The summed E-state index contributed by atoms with van der Waals surface area (Å²) in [5.41, 5.74) is 9.86. The average molecular weight is 240 g/mol. The Kier molecular flexibility index (Phi) is 2.47. The maximum atomic E-state index is 6.12. The number of nitrogen functional groups attached to an aromatic ring is 1. The van der Waals surface area contributed by atoms with E-state index in [2.05, 4.69) is 49.1 Å². The molecular weight excluding hydrogens is 220 g/mol. The van der Waals surface area contributed by atoms with Gasteiger partial charge in [-0.15, -0.1) is 0 Å². The van der Waals surface area contributed by atoms with Crippen molar-refractivity contribution in [3.05, 3.63) is 48.2 Å². The highest BCUT2D eigenvalue weighted by molar-refractivity contribution is 5.71. The minimum atomic E-state index is 0.304. The Labute approximate surface area is 109 Å². The van der Waals surface area contributed by atoms with Crippen LogP contribution in [0.25, 0.3) is 0 Å². The van der Waals surface area contributed by atoms with Gasteiger partial charge in [0.15, 0.2) is 0 Å². The molecule has 0 spiro atoms. The Morgan fingerprint density at radius 2 is 2.06 bits per heavy atom. The van der Waals surface area contributed by atoms with Gasteiger partial charge in [-0.25, -0.2) is 0 Å². The first kappa shape index (κ1) is 11.4. The molecule has 1 heterocycles. The standard InChI is InChI=1S/C16H20N2/c1-16(2)11-18(14-9-5-3-7-12(14)16)15-10-6-4-8-13(15)17/h3-6,8-10,12H,7,11,17H2,1-2H3. The van der Waals surface area contributed by atoms with Gasteiger partial charge in [0.25, 0.3) is 0 Å².